The highest BCUT2D eigenvalue weighted by molar-refractivity contribution is 9.10. The molecule has 3 nitrogen and oxygen atoms in total. The predicted molar refractivity (Wildman–Crippen MR) is 87.6 cm³/mol. The number of amides is 1. The number of rotatable bonds is 2. The molecule has 0 saturated carbocycles. The number of piperidine rings is 1. The van der Waals surface area contributed by atoms with Crippen LogP contribution in [0.1, 0.15) is 23.2 Å². The second kappa shape index (κ2) is 6.16. The molecule has 0 aliphatic carbocycles. The lowest BCUT2D eigenvalue weighted by Crippen LogP contribution is -2.42. The van der Waals surface area contributed by atoms with E-state index in [2.05, 4.69) is 22.0 Å². The normalized spacial score (nSPS) is 19.0. The molecule has 1 atom stereocenters. The fraction of sp³-hybridized carbons (Fsp3) is 0.353. The Balaban J connectivity index is 1.85. The summed E-state index contributed by atoms with van der Waals surface area (Å²) in [4.78, 5) is 14.5. The van der Waals surface area contributed by atoms with E-state index in [4.69, 9.17) is 4.74 Å². The van der Waals surface area contributed by atoms with Crippen LogP contribution in [-0.4, -0.2) is 37.1 Å². The van der Waals surface area contributed by atoms with Gasteiger partial charge in [0.1, 0.15) is 0 Å². The van der Waals surface area contributed by atoms with E-state index >= 15 is 0 Å². The van der Waals surface area contributed by atoms with Crippen LogP contribution in [0.4, 0.5) is 0 Å². The minimum absolute atomic E-state index is 0.0987. The first kappa shape index (κ1) is 14.5. The number of likely N-dealkylation sites (tertiary alicyclic amines) is 1. The molecule has 4 heteroatoms. The smallest absolute Gasteiger partial charge is 0.253 e. The van der Waals surface area contributed by atoms with Crippen molar-refractivity contribution in [2.24, 2.45) is 0 Å². The third kappa shape index (κ3) is 3.11. The second-order valence-corrected chi connectivity index (χ2v) is 6.37. The van der Waals surface area contributed by atoms with E-state index in [1.807, 2.05) is 35.2 Å². The van der Waals surface area contributed by atoms with Crippen molar-refractivity contribution >= 4 is 32.6 Å². The van der Waals surface area contributed by atoms with E-state index in [1.54, 1.807) is 7.11 Å². The van der Waals surface area contributed by atoms with Gasteiger partial charge in [-0.1, -0.05) is 28.1 Å². The van der Waals surface area contributed by atoms with Gasteiger partial charge in [0.05, 0.1) is 6.10 Å². The number of methoxy groups -OCH3 is 1. The summed E-state index contributed by atoms with van der Waals surface area (Å²) in [5.74, 6) is 0.0987. The van der Waals surface area contributed by atoms with Crippen molar-refractivity contribution in [2.45, 2.75) is 18.9 Å². The monoisotopic (exact) mass is 347 g/mol. The van der Waals surface area contributed by atoms with Crippen molar-refractivity contribution in [3.8, 4) is 0 Å². The van der Waals surface area contributed by atoms with Gasteiger partial charge in [-0.15, -0.1) is 0 Å². The van der Waals surface area contributed by atoms with Crippen molar-refractivity contribution in [2.75, 3.05) is 20.2 Å². The van der Waals surface area contributed by atoms with Crippen LogP contribution in [0, 0.1) is 0 Å². The molecule has 2 aromatic carbocycles. The summed E-state index contributed by atoms with van der Waals surface area (Å²) < 4.78 is 6.44. The van der Waals surface area contributed by atoms with Crippen LogP contribution in [-0.2, 0) is 4.74 Å². The van der Waals surface area contributed by atoms with Gasteiger partial charge in [0.2, 0.25) is 0 Å². The van der Waals surface area contributed by atoms with Crippen molar-refractivity contribution in [1.29, 1.82) is 0 Å². The van der Waals surface area contributed by atoms with Gasteiger partial charge < -0.3 is 9.64 Å². The van der Waals surface area contributed by atoms with E-state index in [9.17, 15) is 4.79 Å². The molecule has 0 radical (unpaired) electrons. The Kier molecular flexibility index (Phi) is 4.27. The van der Waals surface area contributed by atoms with E-state index in [1.165, 1.54) is 0 Å². The molecule has 1 aliphatic rings. The standard InChI is InChI=1S/C17H18BrNO2/c1-21-16-3-2-8-19(11-16)17(20)14-5-4-13-10-15(18)7-6-12(13)9-14/h4-7,9-10,16H,2-3,8,11H2,1H3. The molecule has 1 amide bonds. The van der Waals surface area contributed by atoms with E-state index in [0.29, 0.717) is 6.54 Å². The van der Waals surface area contributed by atoms with Crippen LogP contribution in [0.15, 0.2) is 40.9 Å². The van der Waals surface area contributed by atoms with E-state index < -0.39 is 0 Å². The van der Waals surface area contributed by atoms with Gasteiger partial charge in [-0.05, 0) is 47.9 Å². The molecule has 1 heterocycles. The zero-order chi connectivity index (χ0) is 14.8. The topological polar surface area (TPSA) is 29.5 Å². The van der Waals surface area contributed by atoms with E-state index in [0.717, 1.165) is 40.2 Å². The number of halogens is 1. The van der Waals surface area contributed by atoms with Gasteiger partial charge >= 0.3 is 0 Å². The number of carbonyl (C=O) groups is 1. The number of hydrogen-bond acceptors (Lipinski definition) is 2. The quantitative estimate of drug-likeness (QED) is 0.825. The maximum absolute atomic E-state index is 12.6. The fourth-order valence-electron chi connectivity index (χ4n) is 2.85. The highest BCUT2D eigenvalue weighted by Crippen LogP contribution is 2.22. The highest BCUT2D eigenvalue weighted by Gasteiger charge is 2.24. The first-order valence-electron chi connectivity index (χ1n) is 7.19. The van der Waals surface area contributed by atoms with Gasteiger partial charge in [-0.25, -0.2) is 0 Å². The lowest BCUT2D eigenvalue weighted by molar-refractivity contribution is 0.0269. The summed E-state index contributed by atoms with van der Waals surface area (Å²) >= 11 is 3.47. The number of carbonyl (C=O) groups excluding carboxylic acids is 1. The fourth-order valence-corrected chi connectivity index (χ4v) is 3.23. The summed E-state index contributed by atoms with van der Waals surface area (Å²) in [5.41, 5.74) is 0.751. The zero-order valence-corrected chi connectivity index (χ0v) is 13.6. The van der Waals surface area contributed by atoms with Crippen LogP contribution < -0.4 is 0 Å². The van der Waals surface area contributed by atoms with Crippen LogP contribution in [0.5, 0.6) is 0 Å². The Morgan fingerprint density at radius 3 is 2.81 bits per heavy atom. The zero-order valence-electron chi connectivity index (χ0n) is 12.0. The maximum atomic E-state index is 12.6. The Morgan fingerprint density at radius 2 is 2.00 bits per heavy atom. The molecule has 0 aromatic heterocycles. The summed E-state index contributed by atoms with van der Waals surface area (Å²) in [6.45, 7) is 1.50. The van der Waals surface area contributed by atoms with Crippen molar-refractivity contribution in [3.63, 3.8) is 0 Å². The third-order valence-electron chi connectivity index (χ3n) is 4.05. The SMILES string of the molecule is COC1CCCN(C(=O)c2ccc3cc(Br)ccc3c2)C1. The van der Waals surface area contributed by atoms with Gasteiger partial charge in [0.25, 0.3) is 5.91 Å². The lowest BCUT2D eigenvalue weighted by Gasteiger charge is -2.32. The van der Waals surface area contributed by atoms with Crippen molar-refractivity contribution < 1.29 is 9.53 Å². The minimum atomic E-state index is 0.0987. The number of ether oxygens (including phenoxy) is 1. The maximum Gasteiger partial charge on any atom is 0.253 e. The highest BCUT2D eigenvalue weighted by atomic mass is 79.9. The molecule has 1 saturated heterocycles. The van der Waals surface area contributed by atoms with Crippen LogP contribution >= 0.6 is 15.9 Å². The van der Waals surface area contributed by atoms with Crippen LogP contribution in [0.2, 0.25) is 0 Å². The summed E-state index contributed by atoms with van der Waals surface area (Å²) in [7, 11) is 1.71. The lowest BCUT2D eigenvalue weighted by atomic mass is 10.0. The molecule has 0 spiro atoms. The molecule has 1 aliphatic heterocycles. The molecule has 21 heavy (non-hydrogen) atoms. The van der Waals surface area contributed by atoms with Gasteiger partial charge in [0.15, 0.2) is 0 Å². The largest absolute Gasteiger partial charge is 0.380 e. The Hall–Kier alpha value is -1.39. The number of nitrogens with zero attached hydrogens (tertiary/aromatic N) is 1. The summed E-state index contributed by atoms with van der Waals surface area (Å²) in [6.07, 6.45) is 2.20. The average molecular weight is 348 g/mol. The van der Waals surface area contributed by atoms with Crippen molar-refractivity contribution in [3.05, 3.63) is 46.4 Å². The number of hydrogen-bond donors (Lipinski definition) is 0. The second-order valence-electron chi connectivity index (χ2n) is 5.46. The van der Waals surface area contributed by atoms with Gasteiger partial charge in [-0.3, -0.25) is 4.79 Å². The molecule has 1 unspecified atom stereocenters. The summed E-state index contributed by atoms with van der Waals surface area (Å²) in [6, 6.07) is 12.0. The minimum Gasteiger partial charge on any atom is -0.380 e. The Morgan fingerprint density at radius 1 is 1.24 bits per heavy atom. The Bertz CT molecular complexity index is 671. The molecule has 110 valence electrons. The van der Waals surface area contributed by atoms with E-state index in [-0.39, 0.29) is 12.0 Å². The molecule has 1 fully saturated rings. The number of fused-ring (bicyclic) bond motifs is 1. The molecular weight excluding hydrogens is 330 g/mol. The molecule has 0 bridgehead atoms. The number of benzene rings is 2. The first-order chi connectivity index (χ1) is 10.2. The molecule has 3 rings (SSSR count). The van der Waals surface area contributed by atoms with Crippen molar-refractivity contribution in [1.82, 2.24) is 4.90 Å². The Labute approximate surface area is 133 Å². The molecule has 2 aromatic rings. The van der Waals surface area contributed by atoms with Gasteiger partial charge in [-0.2, -0.15) is 0 Å². The third-order valence-corrected chi connectivity index (χ3v) is 4.54. The van der Waals surface area contributed by atoms with Gasteiger partial charge in [0, 0.05) is 30.2 Å². The predicted octanol–water partition coefficient (Wildman–Crippen LogP) is 3.85. The van der Waals surface area contributed by atoms with Crippen LogP contribution in [0.25, 0.3) is 10.8 Å². The summed E-state index contributed by atoms with van der Waals surface area (Å²) in [5, 5.41) is 2.22. The first-order valence-corrected chi connectivity index (χ1v) is 7.98. The average Bonchev–Trinajstić information content (AvgIpc) is 2.53. The molecular formula is C17H18BrNO2. The molecule has 0 N–H and O–H groups in total. The van der Waals surface area contributed by atoms with Crippen LogP contribution in [0.3, 0.4) is 0 Å².